The number of para-hydroxylation sites is 1. The number of carbonyl (C=O) groups excluding carboxylic acids is 2. The molecule has 14 heavy (non-hydrogen) atoms. The van der Waals surface area contributed by atoms with E-state index in [1.807, 2.05) is 0 Å². The average Bonchev–Trinajstić information content (AvgIpc) is 2.18. The molecule has 0 aliphatic heterocycles. The van der Waals surface area contributed by atoms with Gasteiger partial charge in [0.25, 0.3) is 0 Å². The molecule has 0 unspecified atom stereocenters. The molecule has 0 saturated carbocycles. The first-order valence-electron chi connectivity index (χ1n) is 3.64. The first-order chi connectivity index (χ1) is 6.65. The van der Waals surface area contributed by atoms with Gasteiger partial charge in [-0.2, -0.15) is 0 Å². The number of carboxylic acid groups (broad SMARTS) is 1. The van der Waals surface area contributed by atoms with Crippen LogP contribution in [0.25, 0.3) is 0 Å². The zero-order valence-corrected chi connectivity index (χ0v) is 6.97. The van der Waals surface area contributed by atoms with Gasteiger partial charge in [0.1, 0.15) is 11.3 Å². The molecule has 1 N–H and O–H groups in total. The van der Waals surface area contributed by atoms with Gasteiger partial charge in [-0.25, -0.2) is 9.59 Å². The van der Waals surface area contributed by atoms with Crippen molar-refractivity contribution in [2.45, 2.75) is 0 Å². The van der Waals surface area contributed by atoms with Crippen molar-refractivity contribution in [3.05, 3.63) is 29.8 Å². The number of ether oxygens (including phenoxy) is 1. The minimum atomic E-state index is -1.22. The van der Waals surface area contributed by atoms with Crippen molar-refractivity contribution in [3.8, 4) is 5.75 Å². The lowest BCUT2D eigenvalue weighted by Gasteiger charge is -2.03. The Morgan fingerprint density at radius 3 is 2.50 bits per heavy atom. The molecule has 0 amide bonds. The largest absolute Gasteiger partial charge is 0.478 e. The van der Waals surface area contributed by atoms with Crippen molar-refractivity contribution >= 4 is 18.2 Å². The molecule has 0 aliphatic rings. The highest BCUT2D eigenvalue weighted by molar-refractivity contribution is 6.21. The molecule has 1 rings (SSSR count). The third-order valence-corrected chi connectivity index (χ3v) is 1.42. The smallest absolute Gasteiger partial charge is 0.376 e. The van der Waals surface area contributed by atoms with E-state index in [4.69, 9.17) is 5.11 Å². The Kier molecular flexibility index (Phi) is 2.96. The molecule has 0 fully saturated rings. The fraction of sp³-hybridized carbons (Fsp3) is 0. The van der Waals surface area contributed by atoms with E-state index in [2.05, 4.69) is 4.74 Å². The molecule has 72 valence electrons. The van der Waals surface area contributed by atoms with Gasteiger partial charge in [0.2, 0.25) is 6.29 Å². The van der Waals surface area contributed by atoms with Crippen LogP contribution in [-0.4, -0.2) is 23.3 Å². The minimum absolute atomic E-state index is 0.0291. The maximum atomic E-state index is 10.6. The van der Waals surface area contributed by atoms with Crippen LogP contribution in [0.15, 0.2) is 24.3 Å². The van der Waals surface area contributed by atoms with Crippen LogP contribution in [-0.2, 0) is 9.59 Å². The highest BCUT2D eigenvalue weighted by Gasteiger charge is 2.12. The fourth-order valence-corrected chi connectivity index (χ4v) is 0.865. The van der Waals surface area contributed by atoms with Crippen molar-refractivity contribution in [2.24, 2.45) is 0 Å². The van der Waals surface area contributed by atoms with E-state index in [-0.39, 0.29) is 17.6 Å². The van der Waals surface area contributed by atoms with Crippen molar-refractivity contribution in [1.29, 1.82) is 0 Å². The van der Waals surface area contributed by atoms with Gasteiger partial charge in [-0.15, -0.1) is 0 Å². The van der Waals surface area contributed by atoms with Gasteiger partial charge in [-0.3, -0.25) is 4.79 Å². The molecule has 0 atom stereocenters. The van der Waals surface area contributed by atoms with Gasteiger partial charge in [0.05, 0.1) is 0 Å². The number of esters is 1. The summed E-state index contributed by atoms with van der Waals surface area (Å²) in [7, 11) is 0. The monoisotopic (exact) mass is 194 g/mol. The van der Waals surface area contributed by atoms with Gasteiger partial charge in [-0.05, 0) is 12.1 Å². The second-order valence-electron chi connectivity index (χ2n) is 2.34. The Bertz CT molecular complexity index is 383. The Hall–Kier alpha value is -2.17. The van der Waals surface area contributed by atoms with Gasteiger partial charge in [0.15, 0.2) is 0 Å². The van der Waals surface area contributed by atoms with E-state index >= 15 is 0 Å². The summed E-state index contributed by atoms with van der Waals surface area (Å²) in [5, 5.41) is 8.67. The highest BCUT2D eigenvalue weighted by Crippen LogP contribution is 2.17. The van der Waals surface area contributed by atoms with Gasteiger partial charge in [0, 0.05) is 0 Å². The summed E-state index contributed by atoms with van der Waals surface area (Å²) in [6.45, 7) is 0. The number of benzene rings is 1. The van der Waals surface area contributed by atoms with Crippen LogP contribution in [0.4, 0.5) is 0 Å². The summed E-state index contributed by atoms with van der Waals surface area (Å²) in [5.41, 5.74) is -0.164. The van der Waals surface area contributed by atoms with Crippen molar-refractivity contribution in [1.82, 2.24) is 0 Å². The van der Waals surface area contributed by atoms with E-state index in [0.29, 0.717) is 0 Å². The predicted octanol–water partition coefficient (Wildman–Crippen LogP) is 0.489. The topological polar surface area (TPSA) is 80.7 Å². The molecule has 5 heteroatoms. The summed E-state index contributed by atoms with van der Waals surface area (Å²) >= 11 is 0. The Morgan fingerprint density at radius 2 is 1.93 bits per heavy atom. The number of aromatic carboxylic acids is 1. The standard InChI is InChI=1S/C9H6O5/c10-5-8(11)14-7-4-2-1-3-6(7)9(12)13/h1-5H,(H,12,13). The molecule has 0 radical (unpaired) electrons. The van der Waals surface area contributed by atoms with Crippen LogP contribution in [0, 0.1) is 0 Å². The van der Waals surface area contributed by atoms with Gasteiger partial charge in [-0.1, -0.05) is 12.1 Å². The number of hydrogen-bond donors (Lipinski definition) is 1. The van der Waals surface area contributed by atoms with E-state index in [1.165, 1.54) is 24.3 Å². The molecule has 0 saturated heterocycles. The first-order valence-corrected chi connectivity index (χ1v) is 3.64. The molecular weight excluding hydrogens is 188 g/mol. The van der Waals surface area contributed by atoms with Crippen LogP contribution >= 0.6 is 0 Å². The van der Waals surface area contributed by atoms with Crippen LogP contribution in [0.3, 0.4) is 0 Å². The molecular formula is C9H6O5. The second kappa shape index (κ2) is 4.18. The Morgan fingerprint density at radius 1 is 1.29 bits per heavy atom. The highest BCUT2D eigenvalue weighted by atomic mass is 16.5. The number of aldehydes is 1. The quantitative estimate of drug-likeness (QED) is 0.328. The number of rotatable bonds is 3. The third-order valence-electron chi connectivity index (χ3n) is 1.42. The molecule has 0 aromatic heterocycles. The van der Waals surface area contributed by atoms with Crippen LogP contribution in [0.1, 0.15) is 10.4 Å². The number of carboxylic acids is 1. The third kappa shape index (κ3) is 2.16. The Labute approximate surface area is 78.9 Å². The zero-order chi connectivity index (χ0) is 10.6. The Balaban J connectivity index is 3.01. The van der Waals surface area contributed by atoms with Crippen molar-refractivity contribution in [3.63, 3.8) is 0 Å². The molecule has 1 aromatic carbocycles. The van der Waals surface area contributed by atoms with E-state index in [1.54, 1.807) is 0 Å². The van der Waals surface area contributed by atoms with Crippen LogP contribution in [0.5, 0.6) is 5.75 Å². The lowest BCUT2D eigenvalue weighted by atomic mass is 10.2. The van der Waals surface area contributed by atoms with Crippen molar-refractivity contribution in [2.75, 3.05) is 0 Å². The molecule has 5 nitrogen and oxygen atoms in total. The fourth-order valence-electron chi connectivity index (χ4n) is 0.865. The lowest BCUT2D eigenvalue weighted by Crippen LogP contribution is -2.11. The first kappa shape index (κ1) is 9.91. The summed E-state index contributed by atoms with van der Waals surface area (Å²) < 4.78 is 4.47. The second-order valence-corrected chi connectivity index (χ2v) is 2.34. The summed E-state index contributed by atoms with van der Waals surface area (Å²) in [6, 6.07) is 5.56. The van der Waals surface area contributed by atoms with Crippen molar-refractivity contribution < 1.29 is 24.2 Å². The number of carbonyl (C=O) groups is 3. The molecule has 1 aromatic rings. The number of hydrogen-bond acceptors (Lipinski definition) is 4. The lowest BCUT2D eigenvalue weighted by molar-refractivity contribution is -0.141. The summed E-state index contributed by atoms with van der Waals surface area (Å²) in [5.74, 6) is -2.49. The van der Waals surface area contributed by atoms with Gasteiger partial charge < -0.3 is 9.84 Å². The molecule has 0 aliphatic carbocycles. The molecule has 0 spiro atoms. The van der Waals surface area contributed by atoms with Gasteiger partial charge >= 0.3 is 11.9 Å². The average molecular weight is 194 g/mol. The van der Waals surface area contributed by atoms with Crippen LogP contribution < -0.4 is 4.74 Å². The normalized spacial score (nSPS) is 9.14. The minimum Gasteiger partial charge on any atom is -0.478 e. The van der Waals surface area contributed by atoms with E-state index in [0.717, 1.165) is 0 Å². The van der Waals surface area contributed by atoms with E-state index in [9.17, 15) is 14.4 Å². The molecule has 0 bridgehead atoms. The SMILES string of the molecule is O=CC(=O)Oc1ccccc1C(=O)O. The summed E-state index contributed by atoms with van der Waals surface area (Å²) in [4.78, 5) is 31.2. The maximum absolute atomic E-state index is 10.6. The molecule has 0 heterocycles. The van der Waals surface area contributed by atoms with Crippen LogP contribution in [0.2, 0.25) is 0 Å². The van der Waals surface area contributed by atoms with E-state index < -0.39 is 11.9 Å². The zero-order valence-electron chi connectivity index (χ0n) is 6.97. The summed E-state index contributed by atoms with van der Waals surface area (Å²) in [6.07, 6.45) is -0.0291. The maximum Gasteiger partial charge on any atom is 0.376 e. The predicted molar refractivity (Wildman–Crippen MR) is 45.1 cm³/mol.